The van der Waals surface area contributed by atoms with Crippen molar-refractivity contribution in [2.24, 2.45) is 20.0 Å². The molecule has 0 bridgehead atoms. The van der Waals surface area contributed by atoms with E-state index in [4.69, 9.17) is 9.72 Å². The Bertz CT molecular complexity index is 914. The quantitative estimate of drug-likeness (QED) is 0.777. The van der Waals surface area contributed by atoms with Crippen LogP contribution < -0.4 is 16.1 Å². The second kappa shape index (κ2) is 7.00. The highest BCUT2D eigenvalue weighted by atomic mass is 16.5. The highest BCUT2D eigenvalue weighted by Crippen LogP contribution is 2.13. The molecule has 1 fully saturated rings. The monoisotopic (exact) mass is 364 g/mol. The maximum absolute atomic E-state index is 12.8. The summed E-state index contributed by atoms with van der Waals surface area (Å²) in [6, 6.07) is 0. The van der Waals surface area contributed by atoms with E-state index in [9.17, 15) is 9.59 Å². The largest absolute Gasteiger partial charge is 0.364 e. The molecule has 0 amide bonds. The van der Waals surface area contributed by atoms with Crippen LogP contribution in [0.2, 0.25) is 0 Å². The molecule has 26 heavy (non-hydrogen) atoms. The molecule has 2 atom stereocenters. The van der Waals surface area contributed by atoms with Crippen LogP contribution in [-0.4, -0.2) is 44.0 Å². The lowest BCUT2D eigenvalue weighted by Crippen LogP contribution is -3.14. The van der Waals surface area contributed by atoms with E-state index in [0.717, 1.165) is 30.0 Å². The fourth-order valence-electron chi connectivity index (χ4n) is 3.95. The lowest BCUT2D eigenvalue weighted by atomic mass is 10.2. The van der Waals surface area contributed by atoms with Crippen molar-refractivity contribution in [2.45, 2.75) is 53.0 Å². The average molecular weight is 364 g/mol. The van der Waals surface area contributed by atoms with Crippen molar-refractivity contribution in [3.63, 3.8) is 0 Å². The number of aromatic nitrogens is 4. The van der Waals surface area contributed by atoms with Gasteiger partial charge >= 0.3 is 5.69 Å². The highest BCUT2D eigenvalue weighted by molar-refractivity contribution is 5.71. The summed E-state index contributed by atoms with van der Waals surface area (Å²) in [7, 11) is 3.19. The molecular weight excluding hydrogens is 334 g/mol. The fourth-order valence-corrected chi connectivity index (χ4v) is 3.95. The van der Waals surface area contributed by atoms with Crippen LogP contribution in [0.4, 0.5) is 0 Å². The summed E-state index contributed by atoms with van der Waals surface area (Å²) in [5, 5.41) is 0. The number of nitrogens with zero attached hydrogens (tertiary/aromatic N) is 4. The van der Waals surface area contributed by atoms with Crippen LogP contribution in [0.15, 0.2) is 9.59 Å². The smallest absolute Gasteiger partial charge is 0.332 e. The van der Waals surface area contributed by atoms with Gasteiger partial charge in [-0.15, -0.1) is 0 Å². The zero-order valence-electron chi connectivity index (χ0n) is 16.6. The molecule has 0 radical (unpaired) electrons. The molecule has 2 aromatic heterocycles. The van der Waals surface area contributed by atoms with E-state index in [1.165, 1.54) is 16.5 Å². The Hall–Kier alpha value is -1.93. The van der Waals surface area contributed by atoms with Crippen molar-refractivity contribution in [1.82, 2.24) is 18.7 Å². The molecule has 3 rings (SSSR count). The number of nitrogens with one attached hydrogen (secondary N) is 1. The average Bonchev–Trinajstić information content (AvgIpc) is 2.88. The van der Waals surface area contributed by atoms with Crippen molar-refractivity contribution in [1.29, 1.82) is 0 Å². The Labute approximate surface area is 153 Å². The maximum Gasteiger partial charge on any atom is 0.332 e. The summed E-state index contributed by atoms with van der Waals surface area (Å²) in [5.74, 6) is 1.23. The first-order valence-electron chi connectivity index (χ1n) is 9.33. The van der Waals surface area contributed by atoms with Gasteiger partial charge in [-0.1, -0.05) is 13.8 Å². The normalized spacial score (nSPS) is 23.9. The van der Waals surface area contributed by atoms with E-state index in [2.05, 4.69) is 27.7 Å². The second-order valence-corrected chi connectivity index (χ2v) is 8.00. The summed E-state index contributed by atoms with van der Waals surface area (Å²) < 4.78 is 10.5. The minimum atomic E-state index is -0.343. The van der Waals surface area contributed by atoms with Gasteiger partial charge in [-0.05, 0) is 19.8 Å². The molecular formula is C18H30N5O3+. The molecule has 8 heteroatoms. The van der Waals surface area contributed by atoms with Crippen LogP contribution in [0.25, 0.3) is 11.2 Å². The van der Waals surface area contributed by atoms with Crippen LogP contribution in [0, 0.1) is 5.92 Å². The van der Waals surface area contributed by atoms with E-state index in [1.807, 2.05) is 4.57 Å². The molecule has 2 aromatic rings. The van der Waals surface area contributed by atoms with Gasteiger partial charge < -0.3 is 14.2 Å². The molecule has 1 aliphatic heterocycles. The molecule has 0 aromatic carbocycles. The third-order valence-corrected chi connectivity index (χ3v) is 5.00. The number of fused-ring (bicyclic) bond motifs is 1. The number of morpholine rings is 1. The molecule has 144 valence electrons. The van der Waals surface area contributed by atoms with Crippen molar-refractivity contribution in [2.75, 3.05) is 13.1 Å². The number of quaternary nitrogens is 1. The first kappa shape index (κ1) is 18.8. The van der Waals surface area contributed by atoms with Gasteiger partial charge in [0.15, 0.2) is 17.0 Å². The number of hydrogen-bond donors (Lipinski definition) is 1. The second-order valence-electron chi connectivity index (χ2n) is 8.00. The van der Waals surface area contributed by atoms with Crippen LogP contribution in [0.1, 0.15) is 33.5 Å². The Kier molecular flexibility index (Phi) is 5.07. The molecule has 0 aliphatic carbocycles. The van der Waals surface area contributed by atoms with Gasteiger partial charge in [0, 0.05) is 20.6 Å². The third-order valence-electron chi connectivity index (χ3n) is 5.00. The van der Waals surface area contributed by atoms with Crippen molar-refractivity contribution < 1.29 is 9.64 Å². The molecule has 0 unspecified atom stereocenters. The Morgan fingerprint density at radius 1 is 1.15 bits per heavy atom. The van der Waals surface area contributed by atoms with Gasteiger partial charge in [-0.2, -0.15) is 0 Å². The predicted octanol–water partition coefficient (Wildman–Crippen LogP) is -0.718. The fraction of sp³-hybridized carbons (Fsp3) is 0.722. The van der Waals surface area contributed by atoms with Crippen LogP contribution in [-0.2, 0) is 31.9 Å². The Balaban J connectivity index is 2.12. The molecule has 3 heterocycles. The van der Waals surface area contributed by atoms with Crippen molar-refractivity contribution >= 4 is 11.2 Å². The van der Waals surface area contributed by atoms with E-state index < -0.39 is 0 Å². The first-order valence-corrected chi connectivity index (χ1v) is 9.33. The molecule has 0 spiro atoms. The zero-order valence-corrected chi connectivity index (χ0v) is 16.6. The summed E-state index contributed by atoms with van der Waals surface area (Å²) in [4.78, 5) is 31.2. The SMILES string of the molecule is CC(C)Cn1c(C[NH+]2C[C@@H](C)O[C@H](C)C2)nc2c1c(=O)n(C)c(=O)n2C. The molecule has 8 nitrogen and oxygen atoms in total. The highest BCUT2D eigenvalue weighted by Gasteiger charge is 2.28. The summed E-state index contributed by atoms with van der Waals surface area (Å²) in [6.07, 6.45) is 0.405. The molecule has 1 aliphatic rings. The molecule has 0 saturated carbocycles. The van der Waals surface area contributed by atoms with Crippen LogP contribution in [0.3, 0.4) is 0 Å². The number of aryl methyl sites for hydroxylation is 1. The lowest BCUT2D eigenvalue weighted by Gasteiger charge is -2.32. The van der Waals surface area contributed by atoms with E-state index >= 15 is 0 Å². The third kappa shape index (κ3) is 3.35. The van der Waals surface area contributed by atoms with Gasteiger partial charge in [0.25, 0.3) is 5.56 Å². The minimum absolute atomic E-state index is 0.203. The minimum Gasteiger partial charge on any atom is -0.364 e. The maximum atomic E-state index is 12.8. The van der Waals surface area contributed by atoms with Crippen molar-refractivity contribution in [3.05, 3.63) is 26.7 Å². The summed E-state index contributed by atoms with van der Waals surface area (Å²) in [6.45, 7) is 11.7. The standard InChI is InChI=1S/C18H29N5O3/c1-11(2)7-23-14(10-22-8-12(3)26-13(4)9-22)19-16-15(23)17(24)21(6)18(25)20(16)5/h11-13H,7-10H2,1-6H3/p+1/t12-,13-/m1/s1. The molecule has 1 N–H and O–H groups in total. The van der Waals surface area contributed by atoms with Gasteiger partial charge in [-0.25, -0.2) is 9.78 Å². The van der Waals surface area contributed by atoms with Gasteiger partial charge in [0.2, 0.25) is 0 Å². The van der Waals surface area contributed by atoms with Gasteiger partial charge in [0.05, 0.1) is 0 Å². The summed E-state index contributed by atoms with van der Waals surface area (Å²) >= 11 is 0. The predicted molar refractivity (Wildman–Crippen MR) is 99.5 cm³/mol. The Morgan fingerprint density at radius 3 is 2.35 bits per heavy atom. The number of ether oxygens (including phenoxy) is 1. The summed E-state index contributed by atoms with van der Waals surface area (Å²) in [5.41, 5.74) is 0.375. The van der Waals surface area contributed by atoms with Gasteiger partial charge in [0.1, 0.15) is 31.8 Å². The number of rotatable bonds is 4. The van der Waals surface area contributed by atoms with E-state index in [-0.39, 0.29) is 23.5 Å². The van der Waals surface area contributed by atoms with E-state index in [1.54, 1.807) is 7.05 Å². The molecule has 1 saturated heterocycles. The van der Waals surface area contributed by atoms with Crippen LogP contribution >= 0.6 is 0 Å². The van der Waals surface area contributed by atoms with Gasteiger partial charge in [-0.3, -0.25) is 13.9 Å². The topological polar surface area (TPSA) is 75.5 Å². The lowest BCUT2D eigenvalue weighted by molar-refractivity contribution is -0.929. The van der Waals surface area contributed by atoms with Crippen molar-refractivity contribution in [3.8, 4) is 0 Å². The number of imidazole rings is 1. The number of hydrogen-bond acceptors (Lipinski definition) is 4. The van der Waals surface area contributed by atoms with E-state index in [0.29, 0.717) is 23.6 Å². The van der Waals surface area contributed by atoms with Crippen LogP contribution in [0.5, 0.6) is 0 Å². The Morgan fingerprint density at radius 2 is 1.77 bits per heavy atom. The zero-order chi connectivity index (χ0) is 19.2. The first-order chi connectivity index (χ1) is 12.2.